The fourth-order valence-electron chi connectivity index (χ4n) is 7.13. The first-order chi connectivity index (χ1) is 28.7. The summed E-state index contributed by atoms with van der Waals surface area (Å²) in [7, 11) is -8.85. The van der Waals surface area contributed by atoms with E-state index < -0.39 is 47.2 Å². The summed E-state index contributed by atoms with van der Waals surface area (Å²) in [6.07, 6.45) is 7.67. The molecular weight excluding hydrogens is 857 g/mol. The van der Waals surface area contributed by atoms with Crippen molar-refractivity contribution >= 4 is 47.7 Å². The molecule has 2 atom stereocenters. The van der Waals surface area contributed by atoms with Gasteiger partial charge in [-0.15, -0.1) is 0 Å². The van der Waals surface area contributed by atoms with Crippen LogP contribution in [0.1, 0.15) is 69.9 Å². The lowest BCUT2D eigenvalue weighted by molar-refractivity contribution is -0.137. The zero-order valence-corrected chi connectivity index (χ0v) is 37.9. The summed E-state index contributed by atoms with van der Waals surface area (Å²) in [4.78, 5) is 17.4. The second-order valence-corrected chi connectivity index (χ2v) is 19.5. The Balaban J connectivity index is 2.21. The Hall–Kier alpha value is -3.57. The molecule has 0 saturated carbocycles. The summed E-state index contributed by atoms with van der Waals surface area (Å²) in [5, 5.41) is 9.10. The first-order valence-electron chi connectivity index (χ1n) is 19.8. The molecule has 1 aliphatic rings. The molecule has 0 aromatic heterocycles. The minimum atomic E-state index is -4.63. The van der Waals surface area contributed by atoms with Gasteiger partial charge in [0, 0.05) is 68.3 Å². The zero-order chi connectivity index (χ0) is 45.3. The molecule has 61 heavy (non-hydrogen) atoms. The van der Waals surface area contributed by atoms with Crippen LogP contribution in [0.5, 0.6) is 0 Å². The number of carbonyl (C=O) groups is 1. The minimum Gasteiger partial charge on any atom is -0.481 e. The summed E-state index contributed by atoms with van der Waals surface area (Å²) in [6, 6.07) is 10.2. The Kier molecular flexibility index (Phi) is 20.2. The Morgan fingerprint density at radius 2 is 1.49 bits per heavy atom. The van der Waals surface area contributed by atoms with Crippen LogP contribution in [0.3, 0.4) is 0 Å². The molecule has 0 spiro atoms. The molecule has 0 aliphatic carbocycles. The third-order valence-electron chi connectivity index (χ3n) is 10.6. The molecule has 0 saturated heterocycles. The van der Waals surface area contributed by atoms with E-state index in [-0.39, 0.29) is 61.2 Å². The van der Waals surface area contributed by atoms with Gasteiger partial charge in [0.2, 0.25) is 0 Å². The Morgan fingerprint density at radius 1 is 0.836 bits per heavy atom. The van der Waals surface area contributed by atoms with Gasteiger partial charge >= 0.3 is 5.97 Å². The SMILES string of the molecule is COCCOCCOCCN1/C(=C/C=C/C(=NCCCCCC(=O)O)C(C)(CCOC)c2cccc(S(=O)(=O)O)c2)C(C)(CCCS(=O)(=O)OC)c2cc(S(=O)(=O)O)ccc21. The smallest absolute Gasteiger partial charge is 0.303 e. The summed E-state index contributed by atoms with van der Waals surface area (Å²) in [5.74, 6) is -1.21. The standard InChI is InChI=1S/C41H60N2O15S3/c1-40(20-23-54-3,32-12-9-13-33(30-32)60(48,49)50)37(42-21-8-6-7-16-39(44)45)14-10-15-38-41(2,19-11-29-59(46,47)56-5)35-31-34(61(51,52)53)17-18-36(35)43(38)22-24-57-27-28-58-26-25-55-4/h9-10,12-15,17-18,30-31H,6-8,11,16,19-29H2,1-5H3,(H,44,45)(H,48,49,50)(H,51,52,53)/b14-10+,38-15+,42-37?. The van der Waals surface area contributed by atoms with Crippen LogP contribution in [0.25, 0.3) is 0 Å². The highest BCUT2D eigenvalue weighted by Gasteiger charge is 2.44. The fraction of sp³-hybridized carbons (Fsp3) is 0.561. The summed E-state index contributed by atoms with van der Waals surface area (Å²) >= 11 is 0. The van der Waals surface area contributed by atoms with Crippen LogP contribution in [-0.2, 0) is 69.1 Å². The maximum absolute atomic E-state index is 12.4. The second kappa shape index (κ2) is 23.8. The number of anilines is 1. The first-order valence-corrected chi connectivity index (χ1v) is 24.2. The molecule has 2 aromatic carbocycles. The van der Waals surface area contributed by atoms with Gasteiger partial charge in [-0.3, -0.25) is 23.1 Å². The molecule has 1 aliphatic heterocycles. The van der Waals surface area contributed by atoms with Gasteiger partial charge in [0.15, 0.2) is 0 Å². The van der Waals surface area contributed by atoms with E-state index in [2.05, 4.69) is 0 Å². The molecule has 1 heterocycles. The molecule has 342 valence electrons. The normalized spacial score (nSPS) is 17.9. The van der Waals surface area contributed by atoms with E-state index in [1.54, 1.807) is 31.4 Å². The largest absolute Gasteiger partial charge is 0.481 e. The molecule has 3 rings (SSSR count). The van der Waals surface area contributed by atoms with Crippen LogP contribution in [0.2, 0.25) is 0 Å². The van der Waals surface area contributed by atoms with Crippen LogP contribution in [0, 0.1) is 0 Å². The molecular formula is C41H60N2O15S3. The predicted molar refractivity (Wildman–Crippen MR) is 230 cm³/mol. The van der Waals surface area contributed by atoms with Crippen molar-refractivity contribution in [1.29, 1.82) is 0 Å². The number of hydrogen-bond donors (Lipinski definition) is 3. The van der Waals surface area contributed by atoms with Crippen LogP contribution in [0.15, 0.2) is 81.2 Å². The van der Waals surface area contributed by atoms with Crippen molar-refractivity contribution in [2.75, 3.05) is 84.7 Å². The topological polar surface area (TPSA) is 242 Å². The molecule has 2 unspecified atom stereocenters. The Morgan fingerprint density at radius 3 is 2.13 bits per heavy atom. The van der Waals surface area contributed by atoms with Gasteiger partial charge in [-0.05, 0) is 99.6 Å². The van der Waals surface area contributed by atoms with Gasteiger partial charge < -0.3 is 29.0 Å². The van der Waals surface area contributed by atoms with Crippen molar-refractivity contribution < 1.29 is 67.4 Å². The number of rotatable bonds is 29. The monoisotopic (exact) mass is 916 g/mol. The lowest BCUT2D eigenvalue weighted by Gasteiger charge is -2.32. The van der Waals surface area contributed by atoms with Crippen molar-refractivity contribution in [3.05, 3.63) is 77.5 Å². The molecule has 0 amide bonds. The number of carboxylic acid groups (broad SMARTS) is 1. The van der Waals surface area contributed by atoms with E-state index in [1.165, 1.54) is 37.4 Å². The number of benzene rings is 2. The number of fused-ring (bicyclic) bond motifs is 1. The molecule has 2 aromatic rings. The van der Waals surface area contributed by atoms with Crippen LogP contribution >= 0.6 is 0 Å². The van der Waals surface area contributed by atoms with E-state index in [9.17, 15) is 39.2 Å². The number of aliphatic imine (C=N–C) groups is 1. The zero-order valence-electron chi connectivity index (χ0n) is 35.4. The third-order valence-corrected chi connectivity index (χ3v) is 13.6. The molecule has 0 radical (unpaired) electrons. The fourth-order valence-corrected chi connectivity index (χ4v) is 8.83. The highest BCUT2D eigenvalue weighted by Crippen LogP contribution is 2.51. The van der Waals surface area contributed by atoms with E-state index in [0.717, 1.165) is 7.11 Å². The molecule has 20 heteroatoms. The number of hydrogen-bond acceptors (Lipinski definition) is 14. The van der Waals surface area contributed by atoms with Crippen molar-refractivity contribution in [2.24, 2.45) is 4.99 Å². The van der Waals surface area contributed by atoms with Gasteiger partial charge in [-0.25, -0.2) is 0 Å². The Labute approximate surface area is 360 Å². The van der Waals surface area contributed by atoms with Crippen molar-refractivity contribution in [1.82, 2.24) is 0 Å². The van der Waals surface area contributed by atoms with E-state index >= 15 is 0 Å². The molecule has 3 N–H and O–H groups in total. The van der Waals surface area contributed by atoms with Gasteiger partial charge in [-0.2, -0.15) is 25.3 Å². The van der Waals surface area contributed by atoms with Gasteiger partial charge in [0.25, 0.3) is 30.4 Å². The number of ether oxygens (including phenoxy) is 4. The minimum absolute atomic E-state index is 0.0199. The highest BCUT2D eigenvalue weighted by atomic mass is 32.2. The maximum Gasteiger partial charge on any atom is 0.303 e. The number of aliphatic carboxylic acids is 1. The second-order valence-electron chi connectivity index (χ2n) is 14.8. The third kappa shape index (κ3) is 15.3. The Bertz CT molecular complexity index is 2190. The van der Waals surface area contributed by atoms with E-state index in [1.807, 2.05) is 24.8 Å². The van der Waals surface area contributed by atoms with E-state index in [4.69, 9.17) is 33.2 Å². The van der Waals surface area contributed by atoms with E-state index in [0.29, 0.717) is 80.3 Å². The predicted octanol–water partition coefficient (Wildman–Crippen LogP) is 5.21. The van der Waals surface area contributed by atoms with Crippen LogP contribution in [0.4, 0.5) is 5.69 Å². The van der Waals surface area contributed by atoms with Crippen molar-refractivity contribution in [3.63, 3.8) is 0 Å². The average molecular weight is 917 g/mol. The quantitative estimate of drug-likeness (QED) is 0.0410. The number of methoxy groups -OCH3 is 2. The van der Waals surface area contributed by atoms with Crippen molar-refractivity contribution in [3.8, 4) is 0 Å². The summed E-state index contributed by atoms with van der Waals surface area (Å²) in [6.45, 7) is 6.24. The molecule has 0 bridgehead atoms. The molecule has 0 fully saturated rings. The number of unbranched alkanes of at least 4 members (excludes halogenated alkanes) is 2. The average Bonchev–Trinajstić information content (AvgIpc) is 3.43. The maximum atomic E-state index is 12.4. The summed E-state index contributed by atoms with van der Waals surface area (Å²) < 4.78 is 121. The number of carboxylic acids is 1. The number of nitrogens with zero attached hydrogens (tertiary/aromatic N) is 2. The lowest BCUT2D eigenvalue weighted by atomic mass is 9.75. The first kappa shape index (κ1) is 51.8. The van der Waals surface area contributed by atoms with Crippen LogP contribution in [-0.4, -0.2) is 131 Å². The number of allylic oxidation sites excluding steroid dienone is 4. The molecule has 17 nitrogen and oxygen atoms in total. The highest BCUT2D eigenvalue weighted by molar-refractivity contribution is 7.86. The lowest BCUT2D eigenvalue weighted by Crippen LogP contribution is -2.34. The van der Waals surface area contributed by atoms with Crippen molar-refractivity contribution in [2.45, 2.75) is 79.4 Å². The van der Waals surface area contributed by atoms with Gasteiger partial charge in [-0.1, -0.05) is 24.6 Å². The summed E-state index contributed by atoms with van der Waals surface area (Å²) in [5.41, 5.74) is 0.855. The van der Waals surface area contributed by atoms with Crippen LogP contribution < -0.4 is 4.90 Å². The van der Waals surface area contributed by atoms with Gasteiger partial charge in [0.05, 0.1) is 55.7 Å². The van der Waals surface area contributed by atoms with Gasteiger partial charge in [0.1, 0.15) is 0 Å².